The molecule has 1 aromatic carbocycles. The van der Waals surface area contributed by atoms with Crippen molar-refractivity contribution >= 4 is 28.1 Å². The Morgan fingerprint density at radius 2 is 2.00 bits per heavy atom. The molecule has 1 amide bonds. The van der Waals surface area contributed by atoms with Crippen LogP contribution in [0.4, 0.5) is 0 Å². The lowest BCUT2D eigenvalue weighted by atomic mass is 10.2. The number of aromatic nitrogens is 1. The van der Waals surface area contributed by atoms with Crippen LogP contribution in [0.25, 0.3) is 10.9 Å². The van der Waals surface area contributed by atoms with Gasteiger partial charge in [-0.25, -0.2) is 0 Å². The van der Waals surface area contributed by atoms with Crippen molar-refractivity contribution in [3.05, 3.63) is 46.3 Å². The van der Waals surface area contributed by atoms with E-state index in [2.05, 4.69) is 16.4 Å². The number of H-pyrrole nitrogens is 1. The van der Waals surface area contributed by atoms with E-state index >= 15 is 0 Å². The van der Waals surface area contributed by atoms with Gasteiger partial charge in [-0.15, -0.1) is 11.3 Å². The molecule has 23 heavy (non-hydrogen) atoms. The fraction of sp³-hybridized carbons (Fsp3) is 0.235. The van der Waals surface area contributed by atoms with Crippen LogP contribution < -0.4 is 14.8 Å². The molecule has 5 nitrogen and oxygen atoms in total. The number of rotatable bonds is 6. The van der Waals surface area contributed by atoms with Gasteiger partial charge in [-0.1, -0.05) is 6.07 Å². The summed E-state index contributed by atoms with van der Waals surface area (Å²) < 4.78 is 10.6. The van der Waals surface area contributed by atoms with E-state index < -0.39 is 0 Å². The lowest BCUT2D eigenvalue weighted by Crippen LogP contribution is -2.25. The molecule has 0 saturated carbocycles. The van der Waals surface area contributed by atoms with Crippen LogP contribution in [0.2, 0.25) is 0 Å². The molecular weight excluding hydrogens is 312 g/mol. The zero-order chi connectivity index (χ0) is 16.2. The number of methoxy groups -OCH3 is 2. The molecule has 0 bridgehead atoms. The fourth-order valence-electron chi connectivity index (χ4n) is 2.43. The lowest BCUT2D eigenvalue weighted by Gasteiger charge is -2.06. The molecule has 2 aromatic heterocycles. The molecule has 0 fully saturated rings. The van der Waals surface area contributed by atoms with Crippen molar-refractivity contribution in [2.24, 2.45) is 0 Å². The van der Waals surface area contributed by atoms with Gasteiger partial charge >= 0.3 is 0 Å². The molecule has 0 unspecified atom stereocenters. The van der Waals surface area contributed by atoms with Gasteiger partial charge in [0.25, 0.3) is 5.91 Å². The van der Waals surface area contributed by atoms with E-state index in [-0.39, 0.29) is 5.91 Å². The van der Waals surface area contributed by atoms with Crippen LogP contribution in [0, 0.1) is 0 Å². The first-order valence-electron chi connectivity index (χ1n) is 7.26. The lowest BCUT2D eigenvalue weighted by molar-refractivity contribution is 0.0950. The van der Waals surface area contributed by atoms with Crippen molar-refractivity contribution in [2.75, 3.05) is 20.8 Å². The third-order valence-corrected chi connectivity index (χ3v) is 4.54. The van der Waals surface area contributed by atoms with Gasteiger partial charge in [0.15, 0.2) is 11.5 Å². The topological polar surface area (TPSA) is 63.3 Å². The number of amides is 1. The van der Waals surface area contributed by atoms with Gasteiger partial charge in [0, 0.05) is 28.4 Å². The Hall–Kier alpha value is -2.47. The van der Waals surface area contributed by atoms with E-state index in [9.17, 15) is 4.79 Å². The summed E-state index contributed by atoms with van der Waals surface area (Å²) in [4.78, 5) is 16.6. The predicted octanol–water partition coefficient (Wildman–Crippen LogP) is 3.22. The molecule has 0 radical (unpaired) electrons. The first-order chi connectivity index (χ1) is 11.2. The molecule has 2 N–H and O–H groups in total. The summed E-state index contributed by atoms with van der Waals surface area (Å²) in [6.45, 7) is 0.612. The van der Waals surface area contributed by atoms with E-state index in [1.807, 2.05) is 29.6 Å². The molecule has 2 heterocycles. The van der Waals surface area contributed by atoms with Crippen molar-refractivity contribution < 1.29 is 14.3 Å². The number of thiophene rings is 1. The molecule has 0 aliphatic rings. The largest absolute Gasteiger partial charge is 0.493 e. The number of benzene rings is 1. The van der Waals surface area contributed by atoms with E-state index in [4.69, 9.17) is 9.47 Å². The second-order valence-electron chi connectivity index (χ2n) is 5.06. The van der Waals surface area contributed by atoms with Crippen LogP contribution in [-0.4, -0.2) is 31.7 Å². The number of aromatic amines is 1. The minimum Gasteiger partial charge on any atom is -0.493 e. The number of carbonyl (C=O) groups excluding carboxylic acids is 1. The third-order valence-electron chi connectivity index (χ3n) is 3.61. The van der Waals surface area contributed by atoms with Gasteiger partial charge in [0.1, 0.15) is 5.69 Å². The summed E-state index contributed by atoms with van der Waals surface area (Å²) in [5, 5.41) is 5.88. The van der Waals surface area contributed by atoms with Crippen LogP contribution in [0.3, 0.4) is 0 Å². The van der Waals surface area contributed by atoms with Crippen molar-refractivity contribution in [2.45, 2.75) is 6.42 Å². The van der Waals surface area contributed by atoms with Crippen molar-refractivity contribution in [3.8, 4) is 11.5 Å². The van der Waals surface area contributed by atoms with Crippen molar-refractivity contribution in [1.29, 1.82) is 0 Å². The third kappa shape index (κ3) is 3.32. The Kier molecular flexibility index (Phi) is 4.52. The molecule has 6 heteroatoms. The van der Waals surface area contributed by atoms with Crippen LogP contribution in [0.15, 0.2) is 35.7 Å². The molecule has 0 spiro atoms. The first kappa shape index (κ1) is 15.4. The van der Waals surface area contributed by atoms with E-state index in [0.29, 0.717) is 23.7 Å². The van der Waals surface area contributed by atoms with Crippen molar-refractivity contribution in [3.63, 3.8) is 0 Å². The first-order valence-corrected chi connectivity index (χ1v) is 8.14. The number of carbonyl (C=O) groups is 1. The SMILES string of the molecule is COc1cc2cc(C(=O)NCCc3cccs3)[nH]c2cc1OC. The van der Waals surface area contributed by atoms with Gasteiger partial charge in [-0.2, -0.15) is 0 Å². The highest BCUT2D eigenvalue weighted by Gasteiger charge is 2.12. The Labute approximate surface area is 138 Å². The highest BCUT2D eigenvalue weighted by Crippen LogP contribution is 2.32. The summed E-state index contributed by atoms with van der Waals surface area (Å²) in [5.41, 5.74) is 1.37. The number of ether oxygens (including phenoxy) is 2. The summed E-state index contributed by atoms with van der Waals surface area (Å²) in [7, 11) is 3.18. The maximum Gasteiger partial charge on any atom is 0.267 e. The second kappa shape index (κ2) is 6.75. The summed E-state index contributed by atoms with van der Waals surface area (Å²) in [6.07, 6.45) is 0.839. The quantitative estimate of drug-likeness (QED) is 0.729. The Balaban J connectivity index is 1.73. The molecule has 0 saturated heterocycles. The molecule has 0 atom stereocenters. The molecule has 3 rings (SSSR count). The minimum atomic E-state index is -0.115. The fourth-order valence-corrected chi connectivity index (χ4v) is 3.14. The maximum atomic E-state index is 12.3. The Bertz CT molecular complexity index is 768. The zero-order valence-corrected chi connectivity index (χ0v) is 13.8. The highest BCUT2D eigenvalue weighted by molar-refractivity contribution is 7.09. The van der Waals surface area contributed by atoms with Crippen LogP contribution in [-0.2, 0) is 6.42 Å². The molecule has 120 valence electrons. The van der Waals surface area contributed by atoms with E-state index in [1.54, 1.807) is 25.6 Å². The second-order valence-corrected chi connectivity index (χ2v) is 6.09. The van der Waals surface area contributed by atoms with E-state index in [1.165, 1.54) is 4.88 Å². The van der Waals surface area contributed by atoms with Gasteiger partial charge in [0.05, 0.1) is 14.2 Å². The zero-order valence-electron chi connectivity index (χ0n) is 13.0. The standard InChI is InChI=1S/C17H18N2O3S/c1-21-15-9-11-8-14(19-13(11)10-16(15)22-2)17(20)18-6-5-12-4-3-7-23-12/h3-4,7-10,19H,5-6H2,1-2H3,(H,18,20). The monoisotopic (exact) mass is 330 g/mol. The Morgan fingerprint density at radius 3 is 2.70 bits per heavy atom. The van der Waals surface area contributed by atoms with Crippen LogP contribution in [0.5, 0.6) is 11.5 Å². The van der Waals surface area contributed by atoms with Crippen LogP contribution >= 0.6 is 11.3 Å². The van der Waals surface area contributed by atoms with Crippen molar-refractivity contribution in [1.82, 2.24) is 10.3 Å². The average Bonchev–Trinajstić information content (AvgIpc) is 3.22. The summed E-state index contributed by atoms with van der Waals surface area (Å²) in [6, 6.07) is 9.58. The number of fused-ring (bicyclic) bond motifs is 1. The smallest absolute Gasteiger partial charge is 0.267 e. The molecule has 0 aliphatic heterocycles. The number of hydrogen-bond acceptors (Lipinski definition) is 4. The number of hydrogen-bond donors (Lipinski definition) is 2. The summed E-state index contributed by atoms with van der Waals surface area (Å²) >= 11 is 1.70. The normalized spacial score (nSPS) is 10.7. The highest BCUT2D eigenvalue weighted by atomic mass is 32.1. The molecule has 3 aromatic rings. The number of nitrogens with one attached hydrogen (secondary N) is 2. The summed E-state index contributed by atoms with van der Waals surface area (Å²) in [5.74, 6) is 1.16. The van der Waals surface area contributed by atoms with Crippen LogP contribution in [0.1, 0.15) is 15.4 Å². The van der Waals surface area contributed by atoms with Gasteiger partial charge in [0.2, 0.25) is 0 Å². The molecular formula is C17H18N2O3S. The van der Waals surface area contributed by atoms with E-state index in [0.717, 1.165) is 17.3 Å². The van der Waals surface area contributed by atoms with Gasteiger partial charge in [-0.05, 0) is 30.0 Å². The maximum absolute atomic E-state index is 12.3. The predicted molar refractivity (Wildman–Crippen MR) is 91.8 cm³/mol. The average molecular weight is 330 g/mol. The Morgan fingerprint density at radius 1 is 1.22 bits per heavy atom. The molecule has 0 aliphatic carbocycles. The minimum absolute atomic E-state index is 0.115. The van der Waals surface area contributed by atoms with Gasteiger partial charge in [-0.3, -0.25) is 4.79 Å². The van der Waals surface area contributed by atoms with Gasteiger partial charge < -0.3 is 19.8 Å².